The molecule has 0 bridgehead atoms. The SMILES string of the molecule is O=C1C=CC(=O)N1C(=O)NCCO. The molecule has 1 aliphatic heterocycles. The zero-order valence-electron chi connectivity index (χ0n) is 6.69. The summed E-state index contributed by atoms with van der Waals surface area (Å²) in [6, 6.07) is -0.811. The standard InChI is InChI=1S/C7H8N2O4/c10-4-3-8-7(13)9-5(11)1-2-6(9)12/h1-2,10H,3-4H2,(H,8,13). The third kappa shape index (κ3) is 1.91. The Kier molecular flexibility index (Phi) is 2.76. The molecule has 1 rings (SSSR count). The molecule has 1 heterocycles. The summed E-state index contributed by atoms with van der Waals surface area (Å²) < 4.78 is 0. The molecule has 0 aromatic carbocycles. The van der Waals surface area contributed by atoms with Crippen LogP contribution in [0.4, 0.5) is 4.79 Å². The largest absolute Gasteiger partial charge is 0.395 e. The molecule has 0 aromatic rings. The molecule has 0 saturated carbocycles. The third-order valence-electron chi connectivity index (χ3n) is 1.40. The Morgan fingerprint density at radius 1 is 1.38 bits per heavy atom. The lowest BCUT2D eigenvalue weighted by Crippen LogP contribution is -2.44. The van der Waals surface area contributed by atoms with Crippen molar-refractivity contribution in [1.29, 1.82) is 0 Å². The number of amides is 4. The summed E-state index contributed by atoms with van der Waals surface area (Å²) in [5.41, 5.74) is 0. The Hall–Kier alpha value is -1.69. The van der Waals surface area contributed by atoms with Gasteiger partial charge in [0, 0.05) is 18.7 Å². The first kappa shape index (κ1) is 9.40. The van der Waals surface area contributed by atoms with Crippen LogP contribution in [0.25, 0.3) is 0 Å². The van der Waals surface area contributed by atoms with Crippen LogP contribution >= 0.6 is 0 Å². The number of aliphatic hydroxyl groups excluding tert-OH is 1. The van der Waals surface area contributed by atoms with Crippen molar-refractivity contribution in [2.24, 2.45) is 0 Å². The molecule has 0 aromatic heterocycles. The molecule has 0 spiro atoms. The minimum atomic E-state index is -0.811. The van der Waals surface area contributed by atoms with Crippen LogP contribution < -0.4 is 5.32 Å². The van der Waals surface area contributed by atoms with Gasteiger partial charge in [0.15, 0.2) is 0 Å². The normalized spacial score (nSPS) is 15.3. The topological polar surface area (TPSA) is 86.7 Å². The van der Waals surface area contributed by atoms with Crippen LogP contribution in [0.5, 0.6) is 0 Å². The maximum absolute atomic E-state index is 11.0. The number of rotatable bonds is 2. The Labute approximate surface area is 73.8 Å². The molecule has 0 fully saturated rings. The fourth-order valence-corrected chi connectivity index (χ4v) is 0.842. The zero-order valence-corrected chi connectivity index (χ0v) is 6.69. The summed E-state index contributed by atoms with van der Waals surface area (Å²) in [6.45, 7) is -0.231. The zero-order chi connectivity index (χ0) is 9.84. The molecule has 0 aliphatic carbocycles. The van der Waals surface area contributed by atoms with Crippen LogP contribution in [0.2, 0.25) is 0 Å². The summed E-state index contributed by atoms with van der Waals surface area (Å²) in [6.07, 6.45) is 2.03. The van der Waals surface area contributed by atoms with Gasteiger partial charge >= 0.3 is 6.03 Å². The number of aliphatic hydroxyl groups is 1. The van der Waals surface area contributed by atoms with E-state index < -0.39 is 17.8 Å². The molecule has 0 unspecified atom stereocenters. The second-order valence-corrected chi connectivity index (χ2v) is 2.30. The quantitative estimate of drug-likeness (QED) is 0.517. The summed E-state index contributed by atoms with van der Waals surface area (Å²) in [7, 11) is 0. The van der Waals surface area contributed by atoms with E-state index in [-0.39, 0.29) is 13.2 Å². The highest BCUT2D eigenvalue weighted by Crippen LogP contribution is 2.02. The van der Waals surface area contributed by atoms with E-state index >= 15 is 0 Å². The summed E-state index contributed by atoms with van der Waals surface area (Å²) in [4.78, 5) is 33.3. The number of nitrogens with zero attached hydrogens (tertiary/aromatic N) is 1. The van der Waals surface area contributed by atoms with Gasteiger partial charge in [0.05, 0.1) is 6.61 Å². The number of urea groups is 1. The summed E-state index contributed by atoms with van der Waals surface area (Å²) in [5.74, 6) is -1.33. The van der Waals surface area contributed by atoms with Crippen molar-refractivity contribution in [3.63, 3.8) is 0 Å². The van der Waals surface area contributed by atoms with E-state index in [0.29, 0.717) is 4.90 Å². The van der Waals surface area contributed by atoms with Crippen molar-refractivity contribution >= 4 is 17.8 Å². The second kappa shape index (κ2) is 3.81. The molecule has 6 nitrogen and oxygen atoms in total. The van der Waals surface area contributed by atoms with Crippen LogP contribution in [0.15, 0.2) is 12.2 Å². The van der Waals surface area contributed by atoms with Crippen molar-refractivity contribution in [2.75, 3.05) is 13.2 Å². The van der Waals surface area contributed by atoms with E-state index in [9.17, 15) is 14.4 Å². The molecular weight excluding hydrogens is 176 g/mol. The first-order valence-electron chi connectivity index (χ1n) is 3.61. The lowest BCUT2D eigenvalue weighted by Gasteiger charge is -2.11. The van der Waals surface area contributed by atoms with E-state index in [1.165, 1.54) is 0 Å². The summed E-state index contributed by atoms with van der Waals surface area (Å²) >= 11 is 0. The number of nitrogens with one attached hydrogen (secondary N) is 1. The predicted molar refractivity (Wildman–Crippen MR) is 41.5 cm³/mol. The molecule has 0 atom stereocenters. The summed E-state index contributed by atoms with van der Waals surface area (Å²) in [5, 5.41) is 10.6. The van der Waals surface area contributed by atoms with E-state index in [1.54, 1.807) is 0 Å². The van der Waals surface area contributed by atoms with Gasteiger partial charge in [-0.1, -0.05) is 0 Å². The van der Waals surface area contributed by atoms with Crippen LogP contribution in [-0.2, 0) is 9.59 Å². The van der Waals surface area contributed by atoms with Crippen molar-refractivity contribution in [1.82, 2.24) is 10.2 Å². The number of carbonyl (C=O) groups excluding carboxylic acids is 3. The minimum Gasteiger partial charge on any atom is -0.395 e. The molecule has 2 N–H and O–H groups in total. The van der Waals surface area contributed by atoms with Crippen LogP contribution in [0.3, 0.4) is 0 Å². The first-order valence-corrected chi connectivity index (χ1v) is 3.61. The molecule has 70 valence electrons. The highest BCUT2D eigenvalue weighted by Gasteiger charge is 2.29. The van der Waals surface area contributed by atoms with Gasteiger partial charge in [0.1, 0.15) is 0 Å². The van der Waals surface area contributed by atoms with Gasteiger partial charge in [0.2, 0.25) is 0 Å². The van der Waals surface area contributed by atoms with Crippen molar-refractivity contribution in [3.05, 3.63) is 12.2 Å². The third-order valence-corrected chi connectivity index (χ3v) is 1.40. The fraction of sp³-hybridized carbons (Fsp3) is 0.286. The van der Waals surface area contributed by atoms with Gasteiger partial charge in [0.25, 0.3) is 11.8 Å². The first-order chi connectivity index (χ1) is 6.16. The number of imide groups is 3. The minimum absolute atomic E-state index is 0.00981. The molecule has 13 heavy (non-hydrogen) atoms. The number of hydrogen-bond donors (Lipinski definition) is 2. The molecular formula is C7H8N2O4. The smallest absolute Gasteiger partial charge is 0.331 e. The maximum atomic E-state index is 11.0. The van der Waals surface area contributed by atoms with E-state index in [4.69, 9.17) is 5.11 Å². The molecule has 1 aliphatic rings. The van der Waals surface area contributed by atoms with Gasteiger partial charge in [-0.25, -0.2) is 4.79 Å². The fourth-order valence-electron chi connectivity index (χ4n) is 0.842. The van der Waals surface area contributed by atoms with Crippen molar-refractivity contribution in [2.45, 2.75) is 0 Å². The lowest BCUT2D eigenvalue weighted by atomic mass is 10.6. The van der Waals surface area contributed by atoms with E-state index in [0.717, 1.165) is 12.2 Å². The van der Waals surface area contributed by atoms with Crippen LogP contribution in [-0.4, -0.2) is 41.0 Å². The highest BCUT2D eigenvalue weighted by molar-refractivity contribution is 6.22. The average molecular weight is 184 g/mol. The van der Waals surface area contributed by atoms with Gasteiger partial charge in [-0.15, -0.1) is 0 Å². The van der Waals surface area contributed by atoms with Crippen LogP contribution in [0.1, 0.15) is 0 Å². The Morgan fingerprint density at radius 2 is 1.92 bits per heavy atom. The van der Waals surface area contributed by atoms with Gasteiger partial charge < -0.3 is 10.4 Å². The Morgan fingerprint density at radius 3 is 2.38 bits per heavy atom. The van der Waals surface area contributed by atoms with Gasteiger partial charge in [-0.05, 0) is 0 Å². The molecule has 4 amide bonds. The van der Waals surface area contributed by atoms with E-state index in [1.807, 2.05) is 0 Å². The van der Waals surface area contributed by atoms with Crippen molar-refractivity contribution in [3.8, 4) is 0 Å². The Bertz CT molecular complexity index is 266. The number of hydrogen-bond acceptors (Lipinski definition) is 4. The van der Waals surface area contributed by atoms with Gasteiger partial charge in [-0.2, -0.15) is 4.90 Å². The molecule has 0 saturated heterocycles. The lowest BCUT2D eigenvalue weighted by molar-refractivity contribution is -0.133. The monoisotopic (exact) mass is 184 g/mol. The van der Waals surface area contributed by atoms with Gasteiger partial charge in [-0.3, -0.25) is 9.59 Å². The predicted octanol–water partition coefficient (Wildman–Crippen LogP) is -1.39. The molecule has 6 heteroatoms. The molecule has 0 radical (unpaired) electrons. The average Bonchev–Trinajstić information content (AvgIpc) is 2.42. The van der Waals surface area contributed by atoms with E-state index in [2.05, 4.69) is 5.32 Å². The maximum Gasteiger partial charge on any atom is 0.331 e. The van der Waals surface area contributed by atoms with Crippen LogP contribution in [0, 0.1) is 0 Å². The van der Waals surface area contributed by atoms with Crippen molar-refractivity contribution < 1.29 is 19.5 Å². The Balaban J connectivity index is 2.57. The number of carbonyl (C=O) groups is 3. The highest BCUT2D eigenvalue weighted by atomic mass is 16.3. The second-order valence-electron chi connectivity index (χ2n) is 2.30.